The first-order valence-electron chi connectivity index (χ1n) is 10.2. The molecule has 4 atom stereocenters. The van der Waals surface area contributed by atoms with E-state index in [1.165, 1.54) is 7.11 Å². The molecule has 0 amide bonds. The van der Waals surface area contributed by atoms with Crippen LogP contribution < -0.4 is 10.1 Å². The van der Waals surface area contributed by atoms with Gasteiger partial charge in [0.25, 0.3) is 0 Å². The van der Waals surface area contributed by atoms with Crippen LogP contribution in [-0.4, -0.2) is 36.0 Å². The quantitative estimate of drug-likeness (QED) is 0.492. The van der Waals surface area contributed by atoms with E-state index in [2.05, 4.69) is 10.3 Å². The highest BCUT2D eigenvalue weighted by Gasteiger charge is 2.47. The maximum atomic E-state index is 13.8. The maximum Gasteiger partial charge on any atom is 0.340 e. The highest BCUT2D eigenvalue weighted by Crippen LogP contribution is 2.66. The lowest BCUT2D eigenvalue weighted by atomic mass is 10.1. The molecule has 1 fully saturated rings. The van der Waals surface area contributed by atoms with Crippen molar-refractivity contribution in [3.63, 3.8) is 0 Å². The van der Waals surface area contributed by atoms with Gasteiger partial charge in [0.15, 0.2) is 11.5 Å². The summed E-state index contributed by atoms with van der Waals surface area (Å²) in [6.07, 6.45) is 1.19. The van der Waals surface area contributed by atoms with E-state index >= 15 is 0 Å². The minimum absolute atomic E-state index is 0.0602. The lowest BCUT2D eigenvalue weighted by Crippen LogP contribution is -2.15. The Kier molecular flexibility index (Phi) is 5.93. The normalized spacial score (nSPS) is 24.3. The Hall–Kier alpha value is -2.60. The van der Waals surface area contributed by atoms with Gasteiger partial charge < -0.3 is 24.2 Å². The Morgan fingerprint density at radius 1 is 1.19 bits per heavy atom. The summed E-state index contributed by atoms with van der Waals surface area (Å²) >= 11 is 0. The van der Waals surface area contributed by atoms with Gasteiger partial charge in [-0.1, -0.05) is 24.3 Å². The predicted octanol–water partition coefficient (Wildman–Crippen LogP) is 5.43. The van der Waals surface area contributed by atoms with E-state index in [0.29, 0.717) is 23.4 Å². The highest BCUT2D eigenvalue weighted by molar-refractivity contribution is 7.54. The van der Waals surface area contributed by atoms with Crippen LogP contribution in [-0.2, 0) is 13.6 Å². The highest BCUT2D eigenvalue weighted by atomic mass is 31.2. The summed E-state index contributed by atoms with van der Waals surface area (Å²) in [5, 5.41) is 14.6. The predicted molar refractivity (Wildman–Crippen MR) is 121 cm³/mol. The molecule has 2 unspecified atom stereocenters. The van der Waals surface area contributed by atoms with Gasteiger partial charge in [-0.3, -0.25) is 9.55 Å². The van der Waals surface area contributed by atoms with Gasteiger partial charge in [0, 0.05) is 11.9 Å². The molecule has 8 heteroatoms. The number of fused-ring (bicyclic) bond motifs is 1. The number of aromatic hydroxyl groups is 1. The summed E-state index contributed by atoms with van der Waals surface area (Å²) in [5.74, 6) is 0.379. The van der Waals surface area contributed by atoms with Crippen molar-refractivity contribution in [1.82, 2.24) is 4.98 Å². The topological polar surface area (TPSA) is 89.9 Å². The van der Waals surface area contributed by atoms with Gasteiger partial charge in [-0.2, -0.15) is 0 Å². The Morgan fingerprint density at radius 3 is 2.61 bits per heavy atom. The van der Waals surface area contributed by atoms with Crippen molar-refractivity contribution < 1.29 is 23.5 Å². The Labute approximate surface area is 181 Å². The number of hydrogen-bond acceptors (Lipinski definition) is 7. The van der Waals surface area contributed by atoms with E-state index in [-0.39, 0.29) is 18.0 Å². The summed E-state index contributed by atoms with van der Waals surface area (Å²) in [6, 6.07) is 13.3. The van der Waals surface area contributed by atoms with Gasteiger partial charge in [0.2, 0.25) is 0 Å². The lowest BCUT2D eigenvalue weighted by molar-refractivity contribution is 0.187. The van der Waals surface area contributed by atoms with Gasteiger partial charge >= 0.3 is 7.60 Å². The molecule has 7 nitrogen and oxygen atoms in total. The Balaban J connectivity index is 1.69. The third kappa shape index (κ3) is 4.26. The second-order valence-electron chi connectivity index (χ2n) is 7.86. The van der Waals surface area contributed by atoms with Crippen LogP contribution in [0.1, 0.15) is 30.6 Å². The van der Waals surface area contributed by atoms with E-state index in [1.807, 2.05) is 44.2 Å². The molecule has 31 heavy (non-hydrogen) atoms. The third-order valence-corrected chi connectivity index (χ3v) is 8.15. The molecule has 0 spiro atoms. The number of anilines is 1. The van der Waals surface area contributed by atoms with Gasteiger partial charge in [-0.05, 0) is 50.1 Å². The SMILES string of the molecule is COc1cc(C(CNc2cnc3ccccc3c2)P2(=O)O[C@@H](C)[C@@H](C)O2)cc(C)c1O. The molecule has 164 valence electrons. The zero-order chi connectivity index (χ0) is 22.2. The monoisotopic (exact) mass is 442 g/mol. The number of benzene rings is 2. The number of rotatable bonds is 6. The van der Waals surface area contributed by atoms with Crippen LogP contribution in [0.5, 0.6) is 11.5 Å². The van der Waals surface area contributed by atoms with Crippen molar-refractivity contribution in [2.45, 2.75) is 38.6 Å². The third-order valence-electron chi connectivity index (χ3n) is 5.65. The van der Waals surface area contributed by atoms with Crippen LogP contribution in [0.2, 0.25) is 0 Å². The number of phenolic OH excluding ortho intramolecular Hbond substituents is 1. The summed E-state index contributed by atoms with van der Waals surface area (Å²) in [6.45, 7) is 5.77. The fourth-order valence-corrected chi connectivity index (χ4v) is 6.17. The molecule has 2 N–H and O–H groups in total. The lowest BCUT2D eigenvalue weighted by Gasteiger charge is -2.25. The van der Waals surface area contributed by atoms with Crippen LogP contribution in [0.25, 0.3) is 10.9 Å². The van der Waals surface area contributed by atoms with Gasteiger partial charge in [0.1, 0.15) is 5.66 Å². The maximum absolute atomic E-state index is 13.8. The van der Waals surface area contributed by atoms with Crippen molar-refractivity contribution >= 4 is 24.2 Å². The number of methoxy groups -OCH3 is 1. The van der Waals surface area contributed by atoms with Crippen molar-refractivity contribution in [3.05, 3.63) is 59.8 Å². The molecule has 2 heterocycles. The van der Waals surface area contributed by atoms with Gasteiger partial charge in [0.05, 0.1) is 36.7 Å². The number of para-hydroxylation sites is 1. The second kappa shape index (κ2) is 8.50. The van der Waals surface area contributed by atoms with E-state index < -0.39 is 13.3 Å². The zero-order valence-electron chi connectivity index (χ0n) is 18.0. The fraction of sp³-hybridized carbons (Fsp3) is 0.348. The van der Waals surface area contributed by atoms with Crippen LogP contribution in [0, 0.1) is 6.92 Å². The number of nitrogens with zero attached hydrogens (tertiary/aromatic N) is 1. The molecule has 4 rings (SSSR count). The Bertz CT molecular complexity index is 1140. The van der Waals surface area contributed by atoms with Crippen LogP contribution >= 0.6 is 7.60 Å². The minimum atomic E-state index is -3.48. The molecular formula is C23H27N2O5P. The van der Waals surface area contributed by atoms with Gasteiger partial charge in [-0.25, -0.2) is 0 Å². The van der Waals surface area contributed by atoms with Crippen LogP contribution in [0.15, 0.2) is 48.7 Å². The zero-order valence-corrected chi connectivity index (χ0v) is 18.9. The average molecular weight is 442 g/mol. The molecule has 0 saturated carbocycles. The molecule has 2 aromatic carbocycles. The molecule has 3 aromatic rings. The first kappa shape index (κ1) is 21.6. The van der Waals surface area contributed by atoms with Crippen molar-refractivity contribution in [3.8, 4) is 11.5 Å². The molecule has 0 aliphatic carbocycles. The van der Waals surface area contributed by atoms with E-state index in [4.69, 9.17) is 13.8 Å². The van der Waals surface area contributed by atoms with Crippen molar-refractivity contribution in [2.75, 3.05) is 19.0 Å². The number of nitrogens with one attached hydrogen (secondary N) is 1. The Morgan fingerprint density at radius 2 is 1.90 bits per heavy atom. The number of phenols is 1. The molecule has 1 aliphatic heterocycles. The summed E-state index contributed by atoms with van der Waals surface area (Å²) in [4.78, 5) is 4.48. The number of aryl methyl sites for hydroxylation is 1. The largest absolute Gasteiger partial charge is 0.504 e. The average Bonchev–Trinajstić information content (AvgIpc) is 3.02. The summed E-state index contributed by atoms with van der Waals surface area (Å²) < 4.78 is 30.8. The number of ether oxygens (including phenoxy) is 1. The molecule has 1 aliphatic rings. The number of hydrogen-bond donors (Lipinski definition) is 2. The molecule has 1 aromatic heterocycles. The molecular weight excluding hydrogens is 415 g/mol. The van der Waals surface area contributed by atoms with Crippen molar-refractivity contribution in [2.24, 2.45) is 0 Å². The smallest absolute Gasteiger partial charge is 0.340 e. The molecule has 0 radical (unpaired) electrons. The van der Waals surface area contributed by atoms with E-state index in [9.17, 15) is 9.67 Å². The standard InChI is InChI=1S/C23H27N2O5P/c1-14-9-18(11-21(28-4)23(14)26)22(31(27)29-15(2)16(3)30-31)13-24-19-10-17-7-5-6-8-20(17)25-12-19/h5-12,15-16,22,24,26H,13H2,1-4H3/t15-,16+,22?,31?. The molecule has 0 bridgehead atoms. The number of pyridine rings is 1. The van der Waals surface area contributed by atoms with Gasteiger partial charge in [-0.15, -0.1) is 0 Å². The summed E-state index contributed by atoms with van der Waals surface area (Å²) in [5.41, 5.74) is 2.44. The summed E-state index contributed by atoms with van der Waals surface area (Å²) in [7, 11) is -2.00. The van der Waals surface area contributed by atoms with Crippen LogP contribution in [0.4, 0.5) is 5.69 Å². The minimum Gasteiger partial charge on any atom is -0.504 e. The van der Waals surface area contributed by atoms with E-state index in [0.717, 1.165) is 16.6 Å². The number of aromatic nitrogens is 1. The first-order chi connectivity index (χ1) is 14.8. The second-order valence-corrected chi connectivity index (χ2v) is 9.99. The van der Waals surface area contributed by atoms with Crippen molar-refractivity contribution in [1.29, 1.82) is 0 Å². The fourth-order valence-electron chi connectivity index (χ4n) is 3.72. The van der Waals surface area contributed by atoms with E-state index in [1.54, 1.807) is 25.3 Å². The molecule has 1 saturated heterocycles. The van der Waals surface area contributed by atoms with Crippen LogP contribution in [0.3, 0.4) is 0 Å². The first-order valence-corrected chi connectivity index (χ1v) is 11.8.